The Bertz CT molecular complexity index is 1330. The van der Waals surface area contributed by atoms with E-state index in [2.05, 4.69) is 24.8 Å². The number of likely N-dealkylation sites (tertiary alicyclic amines) is 1. The van der Waals surface area contributed by atoms with E-state index in [0.29, 0.717) is 24.8 Å². The van der Waals surface area contributed by atoms with E-state index < -0.39 is 0 Å². The first-order valence-electron chi connectivity index (χ1n) is 15.3. The number of ether oxygens (including phenoxy) is 4. The van der Waals surface area contributed by atoms with E-state index in [1.165, 1.54) is 19.3 Å². The Balaban J connectivity index is 1.08. The fraction of sp³-hybridized carbons (Fsp3) is 0.559. The van der Waals surface area contributed by atoms with Gasteiger partial charge in [-0.1, -0.05) is 44.1 Å². The van der Waals surface area contributed by atoms with Crippen LogP contribution in [0.25, 0.3) is 0 Å². The number of hydrogen-bond acceptors (Lipinski definition) is 6. The summed E-state index contributed by atoms with van der Waals surface area (Å²) < 4.78 is 37.1. The van der Waals surface area contributed by atoms with Crippen molar-refractivity contribution >= 4 is 5.97 Å². The first kappa shape index (κ1) is 26.8. The van der Waals surface area contributed by atoms with Crippen LogP contribution in [-0.4, -0.2) is 50.0 Å². The van der Waals surface area contributed by atoms with Crippen molar-refractivity contribution in [2.75, 3.05) is 33.0 Å². The van der Waals surface area contributed by atoms with Crippen molar-refractivity contribution in [2.24, 2.45) is 29.1 Å². The average Bonchev–Trinajstić information content (AvgIpc) is 3.54. The van der Waals surface area contributed by atoms with Crippen molar-refractivity contribution in [3.8, 4) is 17.2 Å². The molecule has 0 spiro atoms. The fourth-order valence-corrected chi connectivity index (χ4v) is 8.30. The minimum Gasteiger partial charge on any atom is -0.493 e. The molecular weight excluding hydrogens is 521 g/mol. The van der Waals surface area contributed by atoms with Crippen LogP contribution in [0.5, 0.6) is 17.2 Å². The molecule has 2 aromatic carbocycles. The van der Waals surface area contributed by atoms with Crippen LogP contribution in [0.1, 0.15) is 57.4 Å². The minimum absolute atomic E-state index is 0.00607. The Morgan fingerprint density at radius 3 is 2.78 bits per heavy atom. The molecule has 6 nitrogen and oxygen atoms in total. The molecule has 2 saturated heterocycles. The molecule has 7 rings (SSSR count). The highest BCUT2D eigenvalue weighted by Crippen LogP contribution is 2.54. The lowest BCUT2D eigenvalue weighted by atomic mass is 9.59. The highest BCUT2D eigenvalue weighted by molar-refractivity contribution is 5.76. The maximum absolute atomic E-state index is 13.7. The molecule has 3 aliphatic heterocycles. The molecule has 0 N–H and O–H groups in total. The molecule has 0 aromatic heterocycles. The second-order valence-electron chi connectivity index (χ2n) is 13.1. The number of fused-ring (bicyclic) bond motifs is 3. The van der Waals surface area contributed by atoms with Crippen molar-refractivity contribution in [3.63, 3.8) is 0 Å². The SMILES string of the molecule is C[C@H]1CCC[C@]2(C)C[C@H]3OC(=O)C(CN4CCC(c5ccc(F)cc5)C(COc5ccc6c(c5)OCO6)C4)[C@H]3C=C12. The maximum atomic E-state index is 13.7. The molecule has 3 unspecified atom stereocenters. The van der Waals surface area contributed by atoms with E-state index in [-0.39, 0.29) is 53.8 Å². The zero-order valence-electron chi connectivity index (χ0n) is 24.0. The lowest BCUT2D eigenvalue weighted by molar-refractivity contribution is -0.145. The van der Waals surface area contributed by atoms with Gasteiger partial charge in [0, 0.05) is 31.0 Å². The third-order valence-corrected chi connectivity index (χ3v) is 10.5. The Morgan fingerprint density at radius 2 is 1.93 bits per heavy atom. The van der Waals surface area contributed by atoms with Gasteiger partial charge in [-0.05, 0) is 79.3 Å². The number of carbonyl (C=O) groups excluding carboxylic acids is 1. The van der Waals surface area contributed by atoms with Crippen LogP contribution in [0.15, 0.2) is 54.1 Å². The molecule has 0 bridgehead atoms. The molecule has 41 heavy (non-hydrogen) atoms. The van der Waals surface area contributed by atoms with E-state index in [1.54, 1.807) is 17.7 Å². The molecule has 0 amide bonds. The van der Waals surface area contributed by atoms with Crippen molar-refractivity contribution in [3.05, 3.63) is 65.5 Å². The number of carbonyl (C=O) groups is 1. The second kappa shape index (κ2) is 10.6. The number of hydrogen-bond donors (Lipinski definition) is 0. The molecule has 5 aliphatic rings. The predicted octanol–water partition coefficient (Wildman–Crippen LogP) is 6.35. The summed E-state index contributed by atoms with van der Waals surface area (Å²) in [7, 11) is 0. The van der Waals surface area contributed by atoms with Crippen LogP contribution < -0.4 is 14.2 Å². The van der Waals surface area contributed by atoms with E-state index in [0.717, 1.165) is 43.0 Å². The number of benzene rings is 2. The summed E-state index contributed by atoms with van der Waals surface area (Å²) in [6.45, 7) is 7.85. The molecule has 218 valence electrons. The number of halogens is 1. The summed E-state index contributed by atoms with van der Waals surface area (Å²) in [5, 5.41) is 0. The zero-order chi connectivity index (χ0) is 28.1. The van der Waals surface area contributed by atoms with E-state index in [4.69, 9.17) is 18.9 Å². The van der Waals surface area contributed by atoms with Crippen molar-refractivity contribution in [1.82, 2.24) is 4.90 Å². The van der Waals surface area contributed by atoms with Gasteiger partial charge in [0.25, 0.3) is 0 Å². The van der Waals surface area contributed by atoms with Gasteiger partial charge in [-0.25, -0.2) is 4.39 Å². The van der Waals surface area contributed by atoms with E-state index in [1.807, 2.05) is 30.3 Å². The van der Waals surface area contributed by atoms with Gasteiger partial charge in [0.2, 0.25) is 6.79 Å². The topological polar surface area (TPSA) is 57.2 Å². The van der Waals surface area contributed by atoms with E-state index in [9.17, 15) is 9.18 Å². The monoisotopic (exact) mass is 561 g/mol. The number of nitrogens with zero attached hydrogens (tertiary/aromatic N) is 1. The third-order valence-electron chi connectivity index (χ3n) is 10.5. The van der Waals surface area contributed by atoms with Crippen LogP contribution in [0, 0.1) is 34.9 Å². The maximum Gasteiger partial charge on any atom is 0.311 e. The smallest absolute Gasteiger partial charge is 0.311 e. The standard InChI is InChI=1S/C34H40FNO5/c1-21-4-3-12-34(2)16-32-27(15-29(21)34)28(33(37)41-32)18-36-13-11-26(22-5-7-24(35)8-6-22)23(17-36)19-38-25-9-10-30-31(14-25)40-20-39-30/h5-10,14-15,21,23,26-28,32H,3-4,11-13,16-20H2,1-2H3/t21-,23?,26?,27+,28?,32+,34+/m0/s1. The molecule has 0 radical (unpaired) electrons. The molecular formula is C34H40FNO5. The van der Waals surface area contributed by atoms with Gasteiger partial charge in [0.15, 0.2) is 11.5 Å². The molecule has 7 atom stereocenters. The van der Waals surface area contributed by atoms with Crippen LogP contribution in [-0.2, 0) is 9.53 Å². The summed E-state index contributed by atoms with van der Waals surface area (Å²) >= 11 is 0. The summed E-state index contributed by atoms with van der Waals surface area (Å²) in [5.41, 5.74) is 2.85. The molecule has 2 aliphatic carbocycles. The number of piperidine rings is 1. The zero-order valence-corrected chi connectivity index (χ0v) is 24.0. The van der Waals surface area contributed by atoms with Gasteiger partial charge < -0.3 is 23.8 Å². The van der Waals surface area contributed by atoms with Crippen molar-refractivity contribution in [1.29, 1.82) is 0 Å². The number of esters is 1. The number of rotatable bonds is 6. The molecule has 3 heterocycles. The Kier molecular flexibility index (Phi) is 6.96. The summed E-state index contributed by atoms with van der Waals surface area (Å²) in [5.74, 6) is 2.92. The van der Waals surface area contributed by atoms with Crippen molar-refractivity contribution in [2.45, 2.75) is 58.0 Å². The largest absolute Gasteiger partial charge is 0.493 e. The van der Waals surface area contributed by atoms with Crippen molar-refractivity contribution < 1.29 is 28.1 Å². The predicted molar refractivity (Wildman–Crippen MR) is 152 cm³/mol. The van der Waals surface area contributed by atoms with Gasteiger partial charge in [0.05, 0.1) is 12.5 Å². The molecule has 2 aromatic rings. The van der Waals surface area contributed by atoms with Crippen LogP contribution >= 0.6 is 0 Å². The van der Waals surface area contributed by atoms with Gasteiger partial charge in [-0.3, -0.25) is 4.79 Å². The molecule has 3 fully saturated rings. The van der Waals surface area contributed by atoms with Crippen LogP contribution in [0.3, 0.4) is 0 Å². The minimum atomic E-state index is -0.223. The highest BCUT2D eigenvalue weighted by atomic mass is 19.1. The summed E-state index contributed by atoms with van der Waals surface area (Å²) in [4.78, 5) is 15.7. The highest BCUT2D eigenvalue weighted by Gasteiger charge is 2.52. The number of allylic oxidation sites excluding steroid dienone is 1. The molecule has 7 heteroatoms. The van der Waals surface area contributed by atoms with Gasteiger partial charge in [-0.15, -0.1) is 0 Å². The fourth-order valence-electron chi connectivity index (χ4n) is 8.30. The Labute approximate surface area is 241 Å². The summed E-state index contributed by atoms with van der Waals surface area (Å²) in [6.07, 6.45) is 7.99. The van der Waals surface area contributed by atoms with E-state index >= 15 is 0 Å². The summed E-state index contributed by atoms with van der Waals surface area (Å²) in [6, 6.07) is 12.6. The average molecular weight is 562 g/mol. The van der Waals surface area contributed by atoms with Gasteiger partial charge >= 0.3 is 5.97 Å². The molecule has 1 saturated carbocycles. The lowest BCUT2D eigenvalue weighted by Gasteiger charge is -2.46. The second-order valence-corrected chi connectivity index (χ2v) is 13.1. The van der Waals surface area contributed by atoms with Gasteiger partial charge in [0.1, 0.15) is 17.7 Å². The van der Waals surface area contributed by atoms with Crippen LogP contribution in [0.2, 0.25) is 0 Å². The Hall–Kier alpha value is -3.06. The quantitative estimate of drug-likeness (QED) is 0.303. The van der Waals surface area contributed by atoms with Crippen LogP contribution in [0.4, 0.5) is 4.39 Å². The Morgan fingerprint density at radius 1 is 1.10 bits per heavy atom. The van der Waals surface area contributed by atoms with Gasteiger partial charge in [-0.2, -0.15) is 0 Å². The first-order chi connectivity index (χ1) is 19.9. The normalized spacial score (nSPS) is 34.4. The first-order valence-corrected chi connectivity index (χ1v) is 15.3. The third kappa shape index (κ3) is 5.11. The lowest BCUT2D eigenvalue weighted by Crippen LogP contribution is -2.46.